The fourth-order valence-electron chi connectivity index (χ4n) is 3.83. The van der Waals surface area contributed by atoms with Crippen LogP contribution in [0.4, 0.5) is 0 Å². The summed E-state index contributed by atoms with van der Waals surface area (Å²) in [6, 6.07) is 6.63. The third kappa shape index (κ3) is 2.89. The van der Waals surface area contributed by atoms with Crippen molar-refractivity contribution in [3.63, 3.8) is 0 Å². The molecule has 1 aromatic heterocycles. The second-order valence-electron chi connectivity index (χ2n) is 6.85. The van der Waals surface area contributed by atoms with Gasteiger partial charge in [0.05, 0.1) is 17.6 Å². The Balaban J connectivity index is 1.59. The molecule has 0 radical (unpaired) electrons. The fourth-order valence-corrected chi connectivity index (χ4v) is 3.83. The molecule has 2 aliphatic rings. The molecule has 2 bridgehead atoms. The zero-order valence-electron chi connectivity index (χ0n) is 13.7. The number of amides is 1. The number of nitrogens with two attached hydrogens (primary N) is 1. The summed E-state index contributed by atoms with van der Waals surface area (Å²) in [5.41, 5.74) is 7.68. The molecule has 0 spiro atoms. The van der Waals surface area contributed by atoms with Gasteiger partial charge in [0.15, 0.2) is 0 Å². The van der Waals surface area contributed by atoms with Gasteiger partial charge in [-0.3, -0.25) is 4.79 Å². The number of imidazole rings is 1. The summed E-state index contributed by atoms with van der Waals surface area (Å²) in [5.74, 6) is 0.105. The number of aryl methyl sites for hydroxylation is 1. The number of aromatic nitrogens is 2. The minimum atomic E-state index is -0.473. The van der Waals surface area contributed by atoms with Crippen LogP contribution in [0.3, 0.4) is 0 Å². The van der Waals surface area contributed by atoms with E-state index in [-0.39, 0.29) is 6.10 Å². The lowest BCUT2D eigenvalue weighted by atomic mass is 10.0. The maximum Gasteiger partial charge on any atom is 0.252 e. The number of rotatable bonds is 4. The van der Waals surface area contributed by atoms with Crippen LogP contribution in [-0.4, -0.2) is 33.6 Å². The van der Waals surface area contributed by atoms with Crippen molar-refractivity contribution in [2.75, 3.05) is 0 Å². The van der Waals surface area contributed by atoms with Crippen molar-refractivity contribution < 1.29 is 9.53 Å². The molecule has 0 saturated carbocycles. The van der Waals surface area contributed by atoms with E-state index in [1.807, 2.05) is 29.9 Å². The lowest BCUT2D eigenvalue weighted by molar-refractivity contribution is 0.0984. The van der Waals surface area contributed by atoms with Crippen molar-refractivity contribution in [1.29, 1.82) is 0 Å². The second-order valence-corrected chi connectivity index (χ2v) is 6.85. The van der Waals surface area contributed by atoms with Gasteiger partial charge in [0.1, 0.15) is 11.9 Å². The van der Waals surface area contributed by atoms with Crippen molar-refractivity contribution in [2.45, 2.75) is 43.9 Å². The van der Waals surface area contributed by atoms with E-state index in [1.165, 1.54) is 12.8 Å². The number of carbonyl (C=O) groups excluding carboxylic acids is 1. The van der Waals surface area contributed by atoms with Crippen molar-refractivity contribution in [1.82, 2.24) is 14.9 Å². The second kappa shape index (κ2) is 5.94. The number of piperidine rings is 1. The number of hydrogen-bond acceptors (Lipinski definition) is 4. The van der Waals surface area contributed by atoms with Crippen LogP contribution in [-0.2, 0) is 7.05 Å². The highest BCUT2D eigenvalue weighted by atomic mass is 16.5. The van der Waals surface area contributed by atoms with E-state index in [2.05, 4.69) is 10.3 Å². The van der Waals surface area contributed by atoms with Crippen LogP contribution in [0.1, 0.15) is 36.0 Å². The molecule has 1 amide bonds. The first-order valence-electron chi connectivity index (χ1n) is 8.43. The van der Waals surface area contributed by atoms with Crippen molar-refractivity contribution in [3.05, 3.63) is 36.3 Å². The maximum absolute atomic E-state index is 11.9. The summed E-state index contributed by atoms with van der Waals surface area (Å²) in [4.78, 5) is 16.2. The summed E-state index contributed by atoms with van der Waals surface area (Å²) in [7, 11) is 1.91. The van der Waals surface area contributed by atoms with Crippen molar-refractivity contribution in [3.8, 4) is 17.0 Å². The summed E-state index contributed by atoms with van der Waals surface area (Å²) >= 11 is 0. The molecule has 1 aromatic carbocycles. The third-order valence-electron chi connectivity index (χ3n) is 4.97. The van der Waals surface area contributed by atoms with Crippen LogP contribution in [0.5, 0.6) is 5.75 Å². The molecule has 6 heteroatoms. The van der Waals surface area contributed by atoms with E-state index < -0.39 is 5.91 Å². The molecule has 3 atom stereocenters. The molecular weight excluding hydrogens is 304 g/mol. The molecule has 4 rings (SSSR count). The van der Waals surface area contributed by atoms with Crippen LogP contribution >= 0.6 is 0 Å². The SMILES string of the molecule is Cn1cnc(-c2ccc(O[C@@H]3C[C@H]4CC[C@@H](C3)N4)c(C(N)=O)c2)c1. The third-order valence-corrected chi connectivity index (χ3v) is 4.97. The van der Waals surface area contributed by atoms with Gasteiger partial charge in [-0.25, -0.2) is 4.98 Å². The molecule has 6 nitrogen and oxygen atoms in total. The van der Waals surface area contributed by atoms with Gasteiger partial charge in [0.25, 0.3) is 5.91 Å². The van der Waals surface area contributed by atoms with Crippen LogP contribution in [0, 0.1) is 0 Å². The first-order valence-corrected chi connectivity index (χ1v) is 8.43. The highest BCUT2D eigenvalue weighted by Crippen LogP contribution is 2.32. The van der Waals surface area contributed by atoms with Crippen LogP contribution in [0.15, 0.2) is 30.7 Å². The average Bonchev–Trinajstić information content (AvgIpc) is 3.13. The molecule has 3 N–H and O–H groups in total. The van der Waals surface area contributed by atoms with E-state index >= 15 is 0 Å². The molecule has 2 saturated heterocycles. The quantitative estimate of drug-likeness (QED) is 0.898. The summed E-state index contributed by atoms with van der Waals surface area (Å²) < 4.78 is 8.03. The number of ether oxygens (including phenoxy) is 1. The van der Waals surface area contributed by atoms with Gasteiger partial charge in [0, 0.05) is 30.9 Å². The Morgan fingerprint density at radius 1 is 1.33 bits per heavy atom. The van der Waals surface area contributed by atoms with Gasteiger partial charge >= 0.3 is 0 Å². The number of fused-ring (bicyclic) bond motifs is 2. The van der Waals surface area contributed by atoms with Gasteiger partial charge in [-0.15, -0.1) is 0 Å². The predicted molar refractivity (Wildman–Crippen MR) is 90.8 cm³/mol. The first-order chi connectivity index (χ1) is 11.6. The Labute approximate surface area is 141 Å². The van der Waals surface area contributed by atoms with E-state index in [9.17, 15) is 4.79 Å². The van der Waals surface area contributed by atoms with Crippen molar-refractivity contribution in [2.24, 2.45) is 12.8 Å². The number of carbonyl (C=O) groups is 1. The topological polar surface area (TPSA) is 82.2 Å². The smallest absolute Gasteiger partial charge is 0.252 e. The Hall–Kier alpha value is -2.34. The fraction of sp³-hybridized carbons (Fsp3) is 0.444. The molecule has 2 aromatic rings. The molecule has 0 unspecified atom stereocenters. The van der Waals surface area contributed by atoms with Crippen LogP contribution < -0.4 is 15.8 Å². The Bertz CT molecular complexity index is 758. The summed E-state index contributed by atoms with van der Waals surface area (Å²) in [5, 5.41) is 3.59. The van der Waals surface area contributed by atoms with Gasteiger partial charge in [-0.05, 0) is 43.9 Å². The normalized spacial score (nSPS) is 25.6. The predicted octanol–water partition coefficient (Wildman–Crippen LogP) is 1.85. The lowest BCUT2D eigenvalue weighted by Crippen LogP contribution is -2.42. The van der Waals surface area contributed by atoms with Gasteiger partial charge < -0.3 is 20.4 Å². The molecule has 2 fully saturated rings. The van der Waals surface area contributed by atoms with Crippen LogP contribution in [0.25, 0.3) is 11.3 Å². The molecule has 2 aliphatic heterocycles. The monoisotopic (exact) mass is 326 g/mol. The summed E-state index contributed by atoms with van der Waals surface area (Å²) in [6.07, 6.45) is 8.17. The first kappa shape index (κ1) is 15.2. The summed E-state index contributed by atoms with van der Waals surface area (Å²) in [6.45, 7) is 0. The maximum atomic E-state index is 11.9. The zero-order chi connectivity index (χ0) is 16.7. The average molecular weight is 326 g/mol. The Morgan fingerprint density at radius 3 is 2.71 bits per heavy atom. The van der Waals surface area contributed by atoms with E-state index in [4.69, 9.17) is 10.5 Å². The van der Waals surface area contributed by atoms with Gasteiger partial charge in [0.2, 0.25) is 0 Å². The van der Waals surface area contributed by atoms with E-state index in [0.717, 1.165) is 24.1 Å². The number of nitrogens with zero attached hydrogens (tertiary/aromatic N) is 2. The molecular formula is C18H22N4O2. The largest absolute Gasteiger partial charge is 0.489 e. The molecule has 0 aliphatic carbocycles. The minimum absolute atomic E-state index is 0.141. The minimum Gasteiger partial charge on any atom is -0.489 e. The van der Waals surface area contributed by atoms with Gasteiger partial charge in [-0.1, -0.05) is 0 Å². The molecule has 126 valence electrons. The highest BCUT2D eigenvalue weighted by Gasteiger charge is 2.34. The Morgan fingerprint density at radius 2 is 2.08 bits per heavy atom. The number of primary amides is 1. The molecule has 3 heterocycles. The lowest BCUT2D eigenvalue weighted by Gasteiger charge is -2.30. The number of benzene rings is 1. The highest BCUT2D eigenvalue weighted by molar-refractivity contribution is 5.96. The molecule has 24 heavy (non-hydrogen) atoms. The number of hydrogen-bond donors (Lipinski definition) is 2. The van der Waals surface area contributed by atoms with Crippen LogP contribution in [0.2, 0.25) is 0 Å². The van der Waals surface area contributed by atoms with E-state index in [1.54, 1.807) is 12.4 Å². The van der Waals surface area contributed by atoms with Crippen molar-refractivity contribution >= 4 is 5.91 Å². The van der Waals surface area contributed by atoms with Gasteiger partial charge in [-0.2, -0.15) is 0 Å². The zero-order valence-corrected chi connectivity index (χ0v) is 13.7. The Kier molecular flexibility index (Phi) is 3.76. The standard InChI is InChI=1S/C18H22N4O2/c1-22-9-16(20-10-22)11-2-5-17(15(6-11)18(19)23)24-14-7-12-3-4-13(8-14)21-12/h2,5-6,9-10,12-14,21H,3-4,7-8H2,1H3,(H2,19,23)/t12-,13+,14-. The van der Waals surface area contributed by atoms with E-state index in [0.29, 0.717) is 23.4 Å². The number of nitrogens with one attached hydrogen (secondary N) is 1.